The van der Waals surface area contributed by atoms with E-state index in [4.69, 9.17) is 0 Å². The monoisotopic (exact) mass is 260 g/mol. The van der Waals surface area contributed by atoms with Crippen molar-refractivity contribution in [1.82, 2.24) is 10.0 Å². The summed E-state index contributed by atoms with van der Waals surface area (Å²) in [7, 11) is -3.07. The zero-order valence-corrected chi connectivity index (χ0v) is 11.4. The van der Waals surface area contributed by atoms with Crippen molar-refractivity contribution in [1.29, 1.82) is 0 Å². The first-order valence-corrected chi connectivity index (χ1v) is 8.41. The standard InChI is InChI=1S/C12H24N2O2S/c1-10-7-12(9-13-8-10)14-17(15,16)6-5-11-3-2-4-11/h10-14H,2-9H2,1H3. The average Bonchev–Trinajstić information content (AvgIpc) is 2.13. The molecule has 2 unspecified atom stereocenters. The van der Waals surface area contributed by atoms with Gasteiger partial charge in [0.1, 0.15) is 0 Å². The Hall–Kier alpha value is -0.130. The van der Waals surface area contributed by atoms with Crippen LogP contribution in [0.25, 0.3) is 0 Å². The summed E-state index contributed by atoms with van der Waals surface area (Å²) in [6, 6.07) is 0.0881. The number of hydrogen-bond donors (Lipinski definition) is 2. The van der Waals surface area contributed by atoms with E-state index >= 15 is 0 Å². The van der Waals surface area contributed by atoms with E-state index in [1.807, 2.05) is 0 Å². The molecule has 1 aliphatic heterocycles. The maximum Gasteiger partial charge on any atom is 0.211 e. The van der Waals surface area contributed by atoms with Crippen molar-refractivity contribution in [3.63, 3.8) is 0 Å². The lowest BCUT2D eigenvalue weighted by molar-refractivity contribution is 0.306. The molecular formula is C12H24N2O2S. The third-order valence-electron chi connectivity index (χ3n) is 3.94. The van der Waals surface area contributed by atoms with E-state index < -0.39 is 10.0 Å². The Labute approximate surface area is 105 Å². The van der Waals surface area contributed by atoms with Crippen LogP contribution in [0.3, 0.4) is 0 Å². The van der Waals surface area contributed by atoms with E-state index in [0.29, 0.717) is 17.6 Å². The molecule has 1 saturated carbocycles. The molecule has 2 rings (SSSR count). The second-order valence-corrected chi connectivity index (χ2v) is 7.59. The summed E-state index contributed by atoms with van der Waals surface area (Å²) < 4.78 is 26.7. The van der Waals surface area contributed by atoms with Crippen LogP contribution in [0, 0.1) is 11.8 Å². The Kier molecular flexibility index (Phi) is 4.44. The van der Waals surface area contributed by atoms with Gasteiger partial charge in [-0.25, -0.2) is 13.1 Å². The minimum atomic E-state index is -3.07. The van der Waals surface area contributed by atoms with Crippen LogP contribution in [0.4, 0.5) is 0 Å². The predicted molar refractivity (Wildman–Crippen MR) is 69.3 cm³/mol. The highest BCUT2D eigenvalue weighted by atomic mass is 32.2. The van der Waals surface area contributed by atoms with E-state index in [-0.39, 0.29) is 6.04 Å². The molecule has 0 aromatic heterocycles. The molecule has 4 nitrogen and oxygen atoms in total. The number of hydrogen-bond acceptors (Lipinski definition) is 3. The van der Waals surface area contributed by atoms with Crippen molar-refractivity contribution in [2.45, 2.75) is 45.1 Å². The Bertz CT molecular complexity index is 338. The lowest BCUT2D eigenvalue weighted by Gasteiger charge is -2.29. The molecule has 1 aliphatic carbocycles. The fourth-order valence-corrected chi connectivity index (χ4v) is 4.11. The molecule has 1 heterocycles. The maximum absolute atomic E-state index is 11.9. The second kappa shape index (κ2) is 5.67. The largest absolute Gasteiger partial charge is 0.315 e. The molecule has 2 N–H and O–H groups in total. The van der Waals surface area contributed by atoms with Gasteiger partial charge in [0.2, 0.25) is 10.0 Å². The van der Waals surface area contributed by atoms with Gasteiger partial charge in [0.15, 0.2) is 0 Å². The van der Waals surface area contributed by atoms with Gasteiger partial charge in [-0.1, -0.05) is 26.2 Å². The highest BCUT2D eigenvalue weighted by molar-refractivity contribution is 7.89. The molecule has 0 aromatic carbocycles. The van der Waals surface area contributed by atoms with Gasteiger partial charge in [0.05, 0.1) is 5.75 Å². The molecule has 2 aliphatic rings. The topological polar surface area (TPSA) is 58.2 Å². The molecule has 0 amide bonds. The summed E-state index contributed by atoms with van der Waals surface area (Å²) in [6.45, 7) is 3.93. The zero-order chi connectivity index (χ0) is 12.3. The van der Waals surface area contributed by atoms with Crippen LogP contribution >= 0.6 is 0 Å². The summed E-state index contributed by atoms with van der Waals surface area (Å²) in [5.74, 6) is 1.53. The Morgan fingerprint density at radius 2 is 2.06 bits per heavy atom. The normalized spacial score (nSPS) is 31.1. The average molecular weight is 260 g/mol. The maximum atomic E-state index is 11.9. The molecule has 2 fully saturated rings. The van der Waals surface area contributed by atoms with E-state index in [0.717, 1.165) is 25.9 Å². The van der Waals surface area contributed by atoms with Crippen LogP contribution in [-0.2, 0) is 10.0 Å². The van der Waals surface area contributed by atoms with Crippen LogP contribution in [0.1, 0.15) is 39.0 Å². The van der Waals surface area contributed by atoms with Gasteiger partial charge in [-0.2, -0.15) is 0 Å². The first-order chi connectivity index (χ1) is 8.05. The van der Waals surface area contributed by atoms with Gasteiger partial charge in [-0.3, -0.25) is 0 Å². The quantitative estimate of drug-likeness (QED) is 0.778. The first-order valence-electron chi connectivity index (χ1n) is 6.76. The first kappa shape index (κ1) is 13.3. The van der Waals surface area contributed by atoms with Crippen molar-refractivity contribution in [2.24, 2.45) is 11.8 Å². The molecule has 5 heteroatoms. The van der Waals surface area contributed by atoms with Crippen LogP contribution in [-0.4, -0.2) is 33.3 Å². The number of rotatable bonds is 5. The van der Waals surface area contributed by atoms with Gasteiger partial charge in [-0.05, 0) is 31.2 Å². The molecule has 0 bridgehead atoms. The van der Waals surface area contributed by atoms with Crippen LogP contribution in [0.5, 0.6) is 0 Å². The smallest absolute Gasteiger partial charge is 0.211 e. The Morgan fingerprint density at radius 1 is 1.29 bits per heavy atom. The molecule has 1 saturated heterocycles. The lowest BCUT2D eigenvalue weighted by atomic mass is 9.84. The van der Waals surface area contributed by atoms with Crippen molar-refractivity contribution in [3.8, 4) is 0 Å². The van der Waals surface area contributed by atoms with Crippen molar-refractivity contribution < 1.29 is 8.42 Å². The SMILES string of the molecule is CC1CNCC(NS(=O)(=O)CCC2CCC2)C1. The Morgan fingerprint density at radius 3 is 2.65 bits per heavy atom. The Balaban J connectivity index is 1.75. The van der Waals surface area contributed by atoms with E-state index in [1.54, 1.807) is 0 Å². The van der Waals surface area contributed by atoms with Gasteiger partial charge in [0, 0.05) is 12.6 Å². The fourth-order valence-electron chi connectivity index (χ4n) is 2.66. The van der Waals surface area contributed by atoms with Gasteiger partial charge >= 0.3 is 0 Å². The van der Waals surface area contributed by atoms with Crippen LogP contribution < -0.4 is 10.0 Å². The van der Waals surface area contributed by atoms with E-state index in [9.17, 15) is 8.42 Å². The third kappa shape index (κ3) is 4.23. The highest BCUT2D eigenvalue weighted by Crippen LogP contribution is 2.29. The molecule has 0 spiro atoms. The highest BCUT2D eigenvalue weighted by Gasteiger charge is 2.25. The number of nitrogens with one attached hydrogen (secondary N) is 2. The van der Waals surface area contributed by atoms with Crippen molar-refractivity contribution >= 4 is 10.0 Å². The molecule has 100 valence electrons. The molecule has 2 atom stereocenters. The van der Waals surface area contributed by atoms with Crippen LogP contribution in [0.2, 0.25) is 0 Å². The van der Waals surface area contributed by atoms with Gasteiger partial charge < -0.3 is 5.32 Å². The summed E-state index contributed by atoms with van der Waals surface area (Å²) in [5, 5.41) is 3.27. The summed E-state index contributed by atoms with van der Waals surface area (Å²) >= 11 is 0. The van der Waals surface area contributed by atoms with E-state index in [2.05, 4.69) is 17.0 Å². The zero-order valence-electron chi connectivity index (χ0n) is 10.6. The van der Waals surface area contributed by atoms with Gasteiger partial charge in [0.25, 0.3) is 0 Å². The fraction of sp³-hybridized carbons (Fsp3) is 1.00. The minimum Gasteiger partial charge on any atom is -0.315 e. The van der Waals surface area contributed by atoms with Crippen molar-refractivity contribution in [3.05, 3.63) is 0 Å². The van der Waals surface area contributed by atoms with Crippen LogP contribution in [0.15, 0.2) is 0 Å². The second-order valence-electron chi connectivity index (χ2n) is 5.72. The molecule has 0 radical (unpaired) electrons. The van der Waals surface area contributed by atoms with Gasteiger partial charge in [-0.15, -0.1) is 0 Å². The lowest BCUT2D eigenvalue weighted by Crippen LogP contribution is -2.48. The molecule has 0 aromatic rings. The minimum absolute atomic E-state index is 0.0881. The van der Waals surface area contributed by atoms with Crippen molar-refractivity contribution in [2.75, 3.05) is 18.8 Å². The summed E-state index contributed by atoms with van der Waals surface area (Å²) in [5.41, 5.74) is 0. The van der Waals surface area contributed by atoms with E-state index in [1.165, 1.54) is 19.3 Å². The number of piperidine rings is 1. The predicted octanol–water partition coefficient (Wildman–Crippen LogP) is 1.09. The summed E-state index contributed by atoms with van der Waals surface area (Å²) in [6.07, 6.45) is 5.51. The summed E-state index contributed by atoms with van der Waals surface area (Å²) in [4.78, 5) is 0. The third-order valence-corrected chi connectivity index (χ3v) is 5.40. The molecular weight excluding hydrogens is 236 g/mol. The molecule has 17 heavy (non-hydrogen) atoms. The number of sulfonamides is 1.